The van der Waals surface area contributed by atoms with Crippen molar-refractivity contribution in [2.24, 2.45) is 4.99 Å². The third-order valence-electron chi connectivity index (χ3n) is 5.51. The highest BCUT2D eigenvalue weighted by Crippen LogP contribution is 2.41. The molecule has 0 radical (unpaired) electrons. The van der Waals surface area contributed by atoms with E-state index in [1.807, 2.05) is 6.92 Å². The number of alkyl halides is 3. The maximum Gasteiger partial charge on any atom is 0.416 e. The lowest BCUT2D eigenvalue weighted by Gasteiger charge is -2.13. The van der Waals surface area contributed by atoms with Gasteiger partial charge in [-0.05, 0) is 55.0 Å². The molecule has 10 heteroatoms. The molecule has 1 aliphatic rings. The van der Waals surface area contributed by atoms with E-state index in [1.54, 1.807) is 36.4 Å². The molecule has 0 bridgehead atoms. The minimum Gasteiger partial charge on any atom is -0.502 e. The van der Waals surface area contributed by atoms with Crippen molar-refractivity contribution in [3.63, 3.8) is 0 Å². The predicted molar refractivity (Wildman–Crippen MR) is 124 cm³/mol. The van der Waals surface area contributed by atoms with Crippen LogP contribution in [0.1, 0.15) is 28.3 Å². The molecule has 0 aromatic heterocycles. The van der Waals surface area contributed by atoms with Gasteiger partial charge in [0, 0.05) is 4.90 Å². The minimum absolute atomic E-state index is 0.0519. The average molecular weight is 506 g/mol. The van der Waals surface area contributed by atoms with Crippen LogP contribution in [0.2, 0.25) is 0 Å². The number of hydrogen-bond acceptors (Lipinski definition) is 6. The Labute approximate surface area is 202 Å². The number of benzene rings is 3. The molecule has 0 saturated carbocycles. The van der Waals surface area contributed by atoms with Crippen molar-refractivity contribution < 1.29 is 36.7 Å². The van der Waals surface area contributed by atoms with E-state index >= 15 is 0 Å². The zero-order chi connectivity index (χ0) is 25.3. The molecule has 1 unspecified atom stereocenters. The summed E-state index contributed by atoms with van der Waals surface area (Å²) in [5.74, 6) is 0.267. The molecule has 3 aromatic carbocycles. The summed E-state index contributed by atoms with van der Waals surface area (Å²) in [7, 11) is 0.881. The number of phenolic OH excluding ortho intramolecular Hbond substituents is 1. The average Bonchev–Trinajstić information content (AvgIpc) is 3.33. The lowest BCUT2D eigenvalue weighted by molar-refractivity contribution is -0.137. The summed E-state index contributed by atoms with van der Waals surface area (Å²) in [6, 6.07) is 12.3. The van der Waals surface area contributed by atoms with Crippen molar-refractivity contribution in [2.45, 2.75) is 28.9 Å². The quantitative estimate of drug-likeness (QED) is 0.484. The molecule has 0 aliphatic carbocycles. The van der Waals surface area contributed by atoms with Crippen molar-refractivity contribution in [3.05, 3.63) is 76.9 Å². The molecule has 2 atom stereocenters. The van der Waals surface area contributed by atoms with Crippen LogP contribution in [0.4, 0.5) is 13.2 Å². The van der Waals surface area contributed by atoms with Crippen molar-refractivity contribution in [2.75, 3.05) is 20.8 Å². The maximum atomic E-state index is 13.4. The smallest absolute Gasteiger partial charge is 0.416 e. The van der Waals surface area contributed by atoms with E-state index in [4.69, 9.17) is 14.2 Å². The van der Waals surface area contributed by atoms with Crippen LogP contribution in [-0.4, -0.2) is 36.0 Å². The Kier molecular flexibility index (Phi) is 6.75. The van der Waals surface area contributed by atoms with Crippen LogP contribution >= 0.6 is 0 Å². The van der Waals surface area contributed by atoms with Gasteiger partial charge < -0.3 is 19.3 Å². The zero-order valence-corrected chi connectivity index (χ0v) is 19.9. The van der Waals surface area contributed by atoms with Crippen molar-refractivity contribution in [1.29, 1.82) is 0 Å². The first-order valence-corrected chi connectivity index (χ1v) is 11.6. The van der Waals surface area contributed by atoms with Gasteiger partial charge in [0.1, 0.15) is 12.6 Å². The van der Waals surface area contributed by atoms with Gasteiger partial charge in [0.2, 0.25) is 11.6 Å². The summed E-state index contributed by atoms with van der Waals surface area (Å²) in [5, 5.41) is 10.2. The molecule has 4 rings (SSSR count). The molecule has 35 heavy (non-hydrogen) atoms. The monoisotopic (exact) mass is 505 g/mol. The van der Waals surface area contributed by atoms with Gasteiger partial charge in [-0.15, -0.1) is 0 Å². The van der Waals surface area contributed by atoms with Crippen LogP contribution in [-0.2, 0) is 21.7 Å². The highest BCUT2D eigenvalue weighted by atomic mass is 32.2. The molecular formula is C25H22F3NO5S. The first-order valence-electron chi connectivity index (χ1n) is 10.5. The standard InChI is InChI=1S/C25H22F3NO5S/c1-14-4-7-17(8-5-14)35(31)22-12-16(25(26,27)28)6-9-18(22)24-29-19(13-34-24)15-10-20(32-2)23(30)21(11-15)33-3/h4-12,19,30H,13H2,1-3H3/t19?,35-/m0/s1. The number of ether oxygens (including phenoxy) is 3. The number of rotatable bonds is 6. The fraction of sp³-hybridized carbons (Fsp3) is 0.240. The van der Waals surface area contributed by atoms with E-state index < -0.39 is 28.6 Å². The van der Waals surface area contributed by atoms with Gasteiger partial charge in [-0.3, -0.25) is 0 Å². The van der Waals surface area contributed by atoms with Gasteiger partial charge in [0.05, 0.1) is 41.0 Å². The fourth-order valence-electron chi connectivity index (χ4n) is 3.62. The van der Waals surface area contributed by atoms with Gasteiger partial charge in [-0.1, -0.05) is 17.7 Å². The molecule has 6 nitrogen and oxygen atoms in total. The number of hydrogen-bond donors (Lipinski definition) is 1. The molecule has 1 aliphatic heterocycles. The molecule has 0 spiro atoms. The highest BCUT2D eigenvalue weighted by Gasteiger charge is 2.33. The van der Waals surface area contributed by atoms with Gasteiger partial charge >= 0.3 is 6.18 Å². The number of halogens is 3. The van der Waals surface area contributed by atoms with Crippen LogP contribution < -0.4 is 9.47 Å². The molecule has 0 amide bonds. The third-order valence-corrected chi connectivity index (χ3v) is 6.95. The Morgan fingerprint density at radius 3 is 2.23 bits per heavy atom. The van der Waals surface area contributed by atoms with Crippen LogP contribution in [0.25, 0.3) is 0 Å². The first kappa shape index (κ1) is 24.6. The highest BCUT2D eigenvalue weighted by molar-refractivity contribution is 7.85. The Balaban J connectivity index is 1.78. The fourth-order valence-corrected chi connectivity index (χ4v) is 4.84. The number of methoxy groups -OCH3 is 2. The number of phenols is 1. The summed E-state index contributed by atoms with van der Waals surface area (Å²) in [4.78, 5) is 4.85. The van der Waals surface area contributed by atoms with Gasteiger partial charge in [-0.2, -0.15) is 13.2 Å². The van der Waals surface area contributed by atoms with Gasteiger partial charge in [0.25, 0.3) is 0 Å². The molecule has 1 heterocycles. The summed E-state index contributed by atoms with van der Waals surface area (Å²) < 4.78 is 69.8. The number of aromatic hydroxyl groups is 1. The van der Waals surface area contributed by atoms with E-state index in [2.05, 4.69) is 4.99 Å². The van der Waals surface area contributed by atoms with Crippen LogP contribution in [0.3, 0.4) is 0 Å². The lowest BCUT2D eigenvalue weighted by atomic mass is 10.1. The summed E-state index contributed by atoms with van der Waals surface area (Å²) in [5.41, 5.74) is 0.831. The molecule has 3 aromatic rings. The second-order valence-electron chi connectivity index (χ2n) is 7.83. The van der Waals surface area contributed by atoms with Crippen LogP contribution in [0.5, 0.6) is 17.2 Å². The second-order valence-corrected chi connectivity index (χ2v) is 9.27. The van der Waals surface area contributed by atoms with Crippen LogP contribution in [0.15, 0.2) is 69.4 Å². The van der Waals surface area contributed by atoms with Gasteiger partial charge in [-0.25, -0.2) is 9.20 Å². The summed E-state index contributed by atoms with van der Waals surface area (Å²) in [6.45, 7) is 1.95. The summed E-state index contributed by atoms with van der Waals surface area (Å²) >= 11 is 0. The first-order chi connectivity index (χ1) is 16.6. The molecular weight excluding hydrogens is 483 g/mol. The number of aliphatic imine (C=N–C) groups is 1. The van der Waals surface area contributed by atoms with Gasteiger partial charge in [0.15, 0.2) is 11.5 Å². The molecule has 0 fully saturated rings. The topological polar surface area (TPSA) is 77.4 Å². The van der Waals surface area contributed by atoms with Crippen molar-refractivity contribution >= 4 is 16.7 Å². The molecule has 184 valence electrons. The molecule has 0 saturated heterocycles. The lowest BCUT2D eigenvalue weighted by Crippen LogP contribution is -2.11. The SMILES string of the molecule is COc1cc(C2COC(c3ccc(C(F)(F)F)cc3[S@@](=O)c3ccc(C)cc3)=N2)cc(OC)c1O. The molecule has 1 N–H and O–H groups in total. The van der Waals surface area contributed by atoms with E-state index in [0.717, 1.165) is 17.7 Å². The van der Waals surface area contributed by atoms with E-state index in [0.29, 0.717) is 10.5 Å². The zero-order valence-electron chi connectivity index (χ0n) is 19.1. The van der Waals surface area contributed by atoms with E-state index in [1.165, 1.54) is 20.3 Å². The third kappa shape index (κ3) is 4.97. The Morgan fingerprint density at radius 1 is 1.03 bits per heavy atom. The maximum absolute atomic E-state index is 13.4. The van der Waals surface area contributed by atoms with E-state index in [-0.39, 0.29) is 40.2 Å². The Hall–Kier alpha value is -3.53. The second kappa shape index (κ2) is 9.61. The summed E-state index contributed by atoms with van der Waals surface area (Å²) in [6.07, 6.45) is -4.61. The largest absolute Gasteiger partial charge is 0.502 e. The normalized spacial score (nSPS) is 16.4. The Morgan fingerprint density at radius 2 is 1.66 bits per heavy atom. The van der Waals surface area contributed by atoms with Crippen LogP contribution in [0, 0.1) is 6.92 Å². The van der Waals surface area contributed by atoms with Crippen molar-refractivity contribution in [1.82, 2.24) is 0 Å². The number of nitrogens with zero attached hydrogens (tertiary/aromatic N) is 1. The minimum atomic E-state index is -4.61. The predicted octanol–water partition coefficient (Wildman–Crippen LogP) is 5.42. The van der Waals surface area contributed by atoms with E-state index in [9.17, 15) is 22.5 Å². The number of aryl methyl sites for hydroxylation is 1. The Bertz CT molecular complexity index is 1280. The van der Waals surface area contributed by atoms with Crippen molar-refractivity contribution in [3.8, 4) is 17.2 Å².